The summed E-state index contributed by atoms with van der Waals surface area (Å²) in [4.78, 5) is 28.2. The summed E-state index contributed by atoms with van der Waals surface area (Å²) >= 11 is 7.46. The molecule has 0 atom stereocenters. The number of thiophene rings is 1. The Morgan fingerprint density at radius 2 is 1.96 bits per heavy atom. The number of nitrogens with one attached hydrogen (secondary N) is 1. The lowest BCUT2D eigenvalue weighted by molar-refractivity contribution is 0.0633. The van der Waals surface area contributed by atoms with Crippen LogP contribution in [0.2, 0.25) is 5.02 Å². The third kappa shape index (κ3) is 4.41. The van der Waals surface area contributed by atoms with Crippen LogP contribution in [0.3, 0.4) is 0 Å². The Bertz CT molecular complexity index is 756. The first-order valence-electron chi connectivity index (χ1n) is 8.32. The van der Waals surface area contributed by atoms with Gasteiger partial charge in [-0.05, 0) is 23.6 Å². The molecular formula is C18H19ClFN3O2S. The number of nitrogens with zero attached hydrogens (tertiary/aromatic N) is 2. The fourth-order valence-electron chi connectivity index (χ4n) is 2.86. The zero-order valence-corrected chi connectivity index (χ0v) is 15.7. The number of piperazine rings is 1. The second kappa shape index (κ2) is 8.62. The molecule has 0 bridgehead atoms. The largest absolute Gasteiger partial charge is 0.351 e. The highest BCUT2D eigenvalue weighted by atomic mass is 35.5. The number of amides is 2. The van der Waals surface area contributed by atoms with Gasteiger partial charge >= 0.3 is 0 Å². The number of halogens is 2. The molecule has 1 aromatic carbocycles. The van der Waals surface area contributed by atoms with Gasteiger partial charge in [-0.3, -0.25) is 14.5 Å². The predicted molar refractivity (Wildman–Crippen MR) is 100 cm³/mol. The van der Waals surface area contributed by atoms with Crippen molar-refractivity contribution in [3.05, 3.63) is 57.0 Å². The van der Waals surface area contributed by atoms with E-state index < -0.39 is 5.82 Å². The van der Waals surface area contributed by atoms with Crippen molar-refractivity contribution in [2.24, 2.45) is 0 Å². The van der Waals surface area contributed by atoms with E-state index in [4.69, 9.17) is 11.6 Å². The summed E-state index contributed by atoms with van der Waals surface area (Å²) in [6.07, 6.45) is 0. The molecule has 2 heterocycles. The number of rotatable bonds is 5. The van der Waals surface area contributed by atoms with Gasteiger partial charge in [0.1, 0.15) is 5.82 Å². The van der Waals surface area contributed by atoms with Gasteiger partial charge < -0.3 is 10.2 Å². The van der Waals surface area contributed by atoms with Crippen LogP contribution in [0.1, 0.15) is 20.7 Å². The summed E-state index contributed by atoms with van der Waals surface area (Å²) in [5.74, 6) is -1.05. The quantitative estimate of drug-likeness (QED) is 0.846. The van der Waals surface area contributed by atoms with E-state index in [0.717, 1.165) is 0 Å². The minimum atomic E-state index is -0.596. The number of benzene rings is 1. The van der Waals surface area contributed by atoms with Gasteiger partial charge in [0.2, 0.25) is 0 Å². The molecule has 0 saturated carbocycles. The van der Waals surface area contributed by atoms with Gasteiger partial charge in [0.25, 0.3) is 11.8 Å². The van der Waals surface area contributed by atoms with Gasteiger partial charge in [0.05, 0.1) is 10.6 Å². The van der Waals surface area contributed by atoms with Crippen LogP contribution in [0.25, 0.3) is 0 Å². The zero-order valence-electron chi connectivity index (χ0n) is 14.1. The summed E-state index contributed by atoms with van der Waals surface area (Å²) in [5, 5.41) is 6.70. The first-order valence-corrected chi connectivity index (χ1v) is 9.64. The van der Waals surface area contributed by atoms with Crippen LogP contribution in [0.15, 0.2) is 35.0 Å². The molecule has 0 spiro atoms. The van der Waals surface area contributed by atoms with Crippen molar-refractivity contribution in [3.8, 4) is 0 Å². The van der Waals surface area contributed by atoms with Crippen molar-refractivity contribution in [3.63, 3.8) is 0 Å². The molecule has 1 aliphatic rings. The van der Waals surface area contributed by atoms with Crippen LogP contribution in [-0.4, -0.2) is 60.9 Å². The van der Waals surface area contributed by atoms with E-state index in [0.29, 0.717) is 44.8 Å². The van der Waals surface area contributed by atoms with Gasteiger partial charge in [-0.1, -0.05) is 17.7 Å². The van der Waals surface area contributed by atoms with Crippen molar-refractivity contribution < 1.29 is 14.0 Å². The second-order valence-corrected chi connectivity index (χ2v) is 7.19. The number of hydrogen-bond acceptors (Lipinski definition) is 4. The lowest BCUT2D eigenvalue weighted by atomic mass is 10.1. The molecule has 5 nitrogen and oxygen atoms in total. The van der Waals surface area contributed by atoms with Crippen LogP contribution >= 0.6 is 22.9 Å². The molecule has 0 radical (unpaired) electrons. The van der Waals surface area contributed by atoms with E-state index in [1.54, 1.807) is 11.0 Å². The van der Waals surface area contributed by atoms with E-state index in [-0.39, 0.29) is 22.4 Å². The molecule has 3 rings (SSSR count). The Hall–Kier alpha value is -1.96. The first-order chi connectivity index (χ1) is 12.6. The summed E-state index contributed by atoms with van der Waals surface area (Å²) in [6, 6.07) is 6.03. The molecule has 138 valence electrons. The molecular weight excluding hydrogens is 377 g/mol. The monoisotopic (exact) mass is 395 g/mol. The van der Waals surface area contributed by atoms with Gasteiger partial charge in [-0.25, -0.2) is 4.39 Å². The Balaban J connectivity index is 1.45. The molecule has 0 unspecified atom stereocenters. The fraction of sp³-hybridized carbons (Fsp3) is 0.333. The fourth-order valence-corrected chi connectivity index (χ4v) is 3.74. The van der Waals surface area contributed by atoms with Crippen molar-refractivity contribution in [1.82, 2.24) is 15.1 Å². The number of carbonyl (C=O) groups is 2. The van der Waals surface area contributed by atoms with Gasteiger partial charge in [0, 0.05) is 50.2 Å². The molecule has 8 heteroatoms. The van der Waals surface area contributed by atoms with Crippen LogP contribution in [0, 0.1) is 5.82 Å². The maximum Gasteiger partial charge on any atom is 0.258 e. The van der Waals surface area contributed by atoms with Crippen LogP contribution in [0.4, 0.5) is 4.39 Å². The maximum atomic E-state index is 13.9. The lowest BCUT2D eigenvalue weighted by Gasteiger charge is -2.34. The minimum absolute atomic E-state index is 0.0642. The molecule has 1 N–H and O–H groups in total. The molecule has 1 aromatic heterocycles. The van der Waals surface area contributed by atoms with Crippen molar-refractivity contribution in [2.45, 2.75) is 0 Å². The molecule has 1 aliphatic heterocycles. The average Bonchev–Trinajstić information content (AvgIpc) is 3.17. The average molecular weight is 396 g/mol. The summed E-state index contributed by atoms with van der Waals surface area (Å²) < 4.78 is 13.9. The Kier molecular flexibility index (Phi) is 6.24. The maximum absolute atomic E-state index is 13.9. The molecule has 2 aromatic rings. The zero-order chi connectivity index (χ0) is 18.5. The Morgan fingerprint density at radius 3 is 2.62 bits per heavy atom. The second-order valence-electron chi connectivity index (χ2n) is 6.00. The third-order valence-electron chi connectivity index (χ3n) is 4.33. The van der Waals surface area contributed by atoms with Gasteiger partial charge in [-0.15, -0.1) is 0 Å². The highest BCUT2D eigenvalue weighted by Crippen LogP contribution is 2.21. The minimum Gasteiger partial charge on any atom is -0.351 e. The highest BCUT2D eigenvalue weighted by Gasteiger charge is 2.25. The van der Waals surface area contributed by atoms with E-state index in [2.05, 4.69) is 10.2 Å². The van der Waals surface area contributed by atoms with Gasteiger partial charge in [-0.2, -0.15) is 11.3 Å². The molecule has 0 aliphatic carbocycles. The van der Waals surface area contributed by atoms with Crippen LogP contribution in [0.5, 0.6) is 0 Å². The van der Waals surface area contributed by atoms with Crippen LogP contribution < -0.4 is 5.32 Å². The molecule has 2 amide bonds. The standard InChI is InChI=1S/C18H19ClFN3O2S/c19-14-2-1-3-15(20)16(14)18(25)23-9-7-22(8-10-23)6-5-21-17(24)13-4-11-26-12-13/h1-4,11-12H,5-10H2,(H,21,24). The molecule has 1 saturated heterocycles. The summed E-state index contributed by atoms with van der Waals surface area (Å²) in [6.45, 7) is 3.60. The highest BCUT2D eigenvalue weighted by molar-refractivity contribution is 7.08. The molecule has 1 fully saturated rings. The Morgan fingerprint density at radius 1 is 1.19 bits per heavy atom. The van der Waals surface area contributed by atoms with Crippen molar-refractivity contribution in [1.29, 1.82) is 0 Å². The smallest absolute Gasteiger partial charge is 0.258 e. The van der Waals surface area contributed by atoms with E-state index in [1.807, 2.05) is 10.8 Å². The normalized spacial score (nSPS) is 15.1. The van der Waals surface area contributed by atoms with E-state index >= 15 is 0 Å². The summed E-state index contributed by atoms with van der Waals surface area (Å²) in [5.41, 5.74) is 0.609. The Labute approximate surface area is 160 Å². The summed E-state index contributed by atoms with van der Waals surface area (Å²) in [7, 11) is 0. The SMILES string of the molecule is O=C(NCCN1CCN(C(=O)c2c(F)cccc2Cl)CC1)c1ccsc1. The van der Waals surface area contributed by atoms with Gasteiger partial charge in [0.15, 0.2) is 0 Å². The molecule has 26 heavy (non-hydrogen) atoms. The predicted octanol–water partition coefficient (Wildman–Crippen LogP) is 2.73. The number of carbonyl (C=O) groups excluding carboxylic acids is 2. The number of hydrogen-bond donors (Lipinski definition) is 1. The topological polar surface area (TPSA) is 52.7 Å². The third-order valence-corrected chi connectivity index (χ3v) is 5.33. The van der Waals surface area contributed by atoms with Crippen molar-refractivity contribution in [2.75, 3.05) is 39.3 Å². The van der Waals surface area contributed by atoms with Crippen molar-refractivity contribution >= 4 is 34.8 Å². The van der Waals surface area contributed by atoms with Crippen LogP contribution in [-0.2, 0) is 0 Å². The lowest BCUT2D eigenvalue weighted by Crippen LogP contribution is -2.50. The van der Waals surface area contributed by atoms with E-state index in [9.17, 15) is 14.0 Å². The van der Waals surface area contributed by atoms with E-state index in [1.165, 1.54) is 29.5 Å². The first kappa shape index (κ1) is 18.8.